The number of amides is 1. The fourth-order valence-corrected chi connectivity index (χ4v) is 2.21. The number of carbonyl (C=O) groups excluding carboxylic acids is 1. The monoisotopic (exact) mass is 323 g/mol. The average molecular weight is 323 g/mol. The molecule has 0 radical (unpaired) electrons. The smallest absolute Gasteiger partial charge is 0.272 e. The third-order valence-electron chi connectivity index (χ3n) is 3.38. The highest BCUT2D eigenvalue weighted by atomic mass is 19.1. The largest absolute Gasteiger partial charge is 0.347 e. The molecule has 0 spiro atoms. The van der Waals surface area contributed by atoms with Crippen molar-refractivity contribution in [3.05, 3.63) is 94.2 Å². The molecule has 24 heavy (non-hydrogen) atoms. The lowest BCUT2D eigenvalue weighted by Gasteiger charge is -2.08. The molecule has 0 saturated heterocycles. The Morgan fingerprint density at radius 2 is 1.83 bits per heavy atom. The summed E-state index contributed by atoms with van der Waals surface area (Å²) in [5, 5.41) is 6.75. The predicted octanol–water partition coefficient (Wildman–Crippen LogP) is 2.30. The highest BCUT2D eigenvalue weighted by molar-refractivity contribution is 5.92. The first-order valence-corrected chi connectivity index (χ1v) is 7.32. The second kappa shape index (κ2) is 6.87. The van der Waals surface area contributed by atoms with Gasteiger partial charge in [-0.3, -0.25) is 9.59 Å². The first-order valence-electron chi connectivity index (χ1n) is 7.32. The van der Waals surface area contributed by atoms with Crippen molar-refractivity contribution in [3.63, 3.8) is 0 Å². The number of rotatable bonds is 4. The zero-order valence-corrected chi connectivity index (χ0v) is 12.6. The molecule has 0 fully saturated rings. The SMILES string of the molecule is O=C(NCc1cccc(F)c1)c1ccc(=O)n(-c2ccccc2)n1. The Morgan fingerprint density at radius 1 is 1.04 bits per heavy atom. The summed E-state index contributed by atoms with van der Waals surface area (Å²) in [6, 6.07) is 17.4. The van der Waals surface area contributed by atoms with Crippen molar-refractivity contribution < 1.29 is 9.18 Å². The highest BCUT2D eigenvalue weighted by Gasteiger charge is 2.10. The summed E-state index contributed by atoms with van der Waals surface area (Å²) in [5.74, 6) is -0.804. The van der Waals surface area contributed by atoms with Crippen LogP contribution in [0.2, 0.25) is 0 Å². The molecule has 0 saturated carbocycles. The van der Waals surface area contributed by atoms with Crippen LogP contribution in [0.4, 0.5) is 4.39 Å². The van der Waals surface area contributed by atoms with E-state index in [2.05, 4.69) is 10.4 Å². The molecule has 3 aromatic rings. The van der Waals surface area contributed by atoms with Crippen LogP contribution in [0.15, 0.2) is 71.5 Å². The number of benzene rings is 2. The van der Waals surface area contributed by atoms with Gasteiger partial charge in [0.2, 0.25) is 0 Å². The Morgan fingerprint density at radius 3 is 2.58 bits per heavy atom. The van der Waals surface area contributed by atoms with Gasteiger partial charge in [0.1, 0.15) is 11.5 Å². The maximum absolute atomic E-state index is 13.1. The van der Waals surface area contributed by atoms with Crippen molar-refractivity contribution in [2.45, 2.75) is 6.54 Å². The first kappa shape index (κ1) is 15.6. The van der Waals surface area contributed by atoms with E-state index < -0.39 is 5.91 Å². The summed E-state index contributed by atoms with van der Waals surface area (Å²) in [7, 11) is 0. The molecule has 0 bridgehead atoms. The molecule has 0 atom stereocenters. The Kier molecular flexibility index (Phi) is 4.47. The minimum atomic E-state index is -0.441. The number of hydrogen-bond acceptors (Lipinski definition) is 3. The van der Waals surface area contributed by atoms with Crippen LogP contribution in [-0.4, -0.2) is 15.7 Å². The van der Waals surface area contributed by atoms with Crippen molar-refractivity contribution in [2.75, 3.05) is 0 Å². The lowest BCUT2D eigenvalue weighted by molar-refractivity contribution is 0.0944. The Hall–Kier alpha value is -3.28. The van der Waals surface area contributed by atoms with Crippen LogP contribution >= 0.6 is 0 Å². The molecular formula is C18H14FN3O2. The molecule has 0 unspecified atom stereocenters. The molecule has 1 heterocycles. The van der Waals surface area contributed by atoms with Crippen molar-refractivity contribution in [1.29, 1.82) is 0 Å². The van der Waals surface area contributed by atoms with Crippen molar-refractivity contribution in [1.82, 2.24) is 15.1 Å². The van der Waals surface area contributed by atoms with Crippen LogP contribution in [0.5, 0.6) is 0 Å². The fourth-order valence-electron chi connectivity index (χ4n) is 2.21. The summed E-state index contributed by atoms with van der Waals surface area (Å²) in [6.07, 6.45) is 0. The number of carbonyl (C=O) groups is 1. The molecule has 6 heteroatoms. The van der Waals surface area contributed by atoms with Crippen LogP contribution < -0.4 is 10.9 Å². The van der Waals surface area contributed by atoms with Gasteiger partial charge < -0.3 is 5.32 Å². The van der Waals surface area contributed by atoms with E-state index in [4.69, 9.17) is 0 Å². The topological polar surface area (TPSA) is 64.0 Å². The van der Waals surface area contributed by atoms with Crippen LogP contribution in [0, 0.1) is 5.82 Å². The number of halogens is 1. The molecule has 1 amide bonds. The molecule has 120 valence electrons. The highest BCUT2D eigenvalue weighted by Crippen LogP contribution is 2.05. The van der Waals surface area contributed by atoms with Crippen molar-refractivity contribution in [3.8, 4) is 5.69 Å². The van der Waals surface area contributed by atoms with Gasteiger partial charge in [-0.15, -0.1) is 0 Å². The van der Waals surface area contributed by atoms with Gasteiger partial charge in [-0.2, -0.15) is 9.78 Å². The summed E-state index contributed by atoms with van der Waals surface area (Å²) < 4.78 is 14.3. The lowest BCUT2D eigenvalue weighted by Crippen LogP contribution is -2.28. The minimum Gasteiger partial charge on any atom is -0.347 e. The number of nitrogens with zero attached hydrogens (tertiary/aromatic N) is 2. The van der Waals surface area contributed by atoms with E-state index in [0.29, 0.717) is 11.3 Å². The number of hydrogen-bond donors (Lipinski definition) is 1. The zero-order valence-electron chi connectivity index (χ0n) is 12.6. The molecule has 5 nitrogen and oxygen atoms in total. The number of nitrogens with one attached hydrogen (secondary N) is 1. The van der Waals surface area contributed by atoms with Gasteiger partial charge >= 0.3 is 0 Å². The number of aromatic nitrogens is 2. The van der Waals surface area contributed by atoms with Gasteiger partial charge in [-0.05, 0) is 35.9 Å². The quantitative estimate of drug-likeness (QED) is 0.801. The molecule has 1 aromatic heterocycles. The van der Waals surface area contributed by atoms with E-state index in [1.54, 1.807) is 36.4 Å². The molecule has 1 N–H and O–H groups in total. The van der Waals surface area contributed by atoms with Gasteiger partial charge in [0.15, 0.2) is 0 Å². The molecular weight excluding hydrogens is 309 g/mol. The second-order valence-corrected chi connectivity index (χ2v) is 5.12. The van der Waals surface area contributed by atoms with Crippen LogP contribution in [0.1, 0.15) is 16.1 Å². The fraction of sp³-hybridized carbons (Fsp3) is 0.0556. The average Bonchev–Trinajstić information content (AvgIpc) is 2.61. The molecule has 3 rings (SSSR count). The number of para-hydroxylation sites is 1. The normalized spacial score (nSPS) is 10.4. The standard InChI is InChI=1S/C18H14FN3O2/c19-14-6-4-5-13(11-14)12-20-18(24)16-9-10-17(23)22(21-16)15-7-2-1-3-8-15/h1-11H,12H2,(H,20,24). The van der Waals surface area contributed by atoms with Crippen molar-refractivity contribution >= 4 is 5.91 Å². The minimum absolute atomic E-state index is 0.106. The van der Waals surface area contributed by atoms with Gasteiger partial charge in [0.25, 0.3) is 11.5 Å². The van der Waals surface area contributed by atoms with Gasteiger partial charge in [0.05, 0.1) is 5.69 Å². The van der Waals surface area contributed by atoms with Gasteiger partial charge in [-0.25, -0.2) is 4.39 Å². The van der Waals surface area contributed by atoms with E-state index in [9.17, 15) is 14.0 Å². The summed E-state index contributed by atoms with van der Waals surface area (Å²) in [4.78, 5) is 24.2. The van der Waals surface area contributed by atoms with E-state index in [-0.39, 0.29) is 23.6 Å². The van der Waals surface area contributed by atoms with Gasteiger partial charge in [-0.1, -0.05) is 30.3 Å². The summed E-state index contributed by atoms with van der Waals surface area (Å²) >= 11 is 0. The van der Waals surface area contributed by atoms with Crippen LogP contribution in [-0.2, 0) is 6.54 Å². The maximum atomic E-state index is 13.1. The molecule has 0 aliphatic heterocycles. The Bertz CT molecular complexity index is 923. The Labute approximate surface area is 137 Å². The van der Waals surface area contributed by atoms with E-state index >= 15 is 0 Å². The third-order valence-corrected chi connectivity index (χ3v) is 3.38. The summed E-state index contributed by atoms with van der Waals surface area (Å²) in [6.45, 7) is 0.169. The molecule has 2 aromatic carbocycles. The second-order valence-electron chi connectivity index (χ2n) is 5.12. The first-order chi connectivity index (χ1) is 11.6. The van der Waals surface area contributed by atoms with Gasteiger partial charge in [0, 0.05) is 12.6 Å². The van der Waals surface area contributed by atoms with E-state index in [1.807, 2.05) is 6.07 Å². The van der Waals surface area contributed by atoms with E-state index in [0.717, 1.165) is 4.68 Å². The third kappa shape index (κ3) is 3.55. The Balaban J connectivity index is 1.79. The molecule has 0 aliphatic rings. The predicted molar refractivity (Wildman–Crippen MR) is 87.4 cm³/mol. The van der Waals surface area contributed by atoms with Crippen molar-refractivity contribution in [2.24, 2.45) is 0 Å². The van der Waals surface area contributed by atoms with Crippen LogP contribution in [0.25, 0.3) is 5.69 Å². The van der Waals surface area contributed by atoms with E-state index in [1.165, 1.54) is 24.3 Å². The lowest BCUT2D eigenvalue weighted by atomic mass is 10.2. The summed E-state index contributed by atoms with van der Waals surface area (Å²) in [5.41, 5.74) is 0.986. The zero-order chi connectivity index (χ0) is 16.9. The van der Waals surface area contributed by atoms with Crippen LogP contribution in [0.3, 0.4) is 0 Å². The molecule has 0 aliphatic carbocycles. The maximum Gasteiger partial charge on any atom is 0.272 e.